The predicted octanol–water partition coefficient (Wildman–Crippen LogP) is 3.44. The van der Waals surface area contributed by atoms with E-state index in [0.29, 0.717) is 5.75 Å². The summed E-state index contributed by atoms with van der Waals surface area (Å²) in [5, 5.41) is 10.7. The zero-order valence-electron chi connectivity index (χ0n) is 9.21. The van der Waals surface area contributed by atoms with Crippen molar-refractivity contribution in [2.24, 2.45) is 0 Å². The van der Waals surface area contributed by atoms with Gasteiger partial charge in [-0.2, -0.15) is 0 Å². The molecule has 0 atom stereocenters. The van der Waals surface area contributed by atoms with Crippen molar-refractivity contribution in [3.63, 3.8) is 0 Å². The summed E-state index contributed by atoms with van der Waals surface area (Å²) < 4.78 is 0. The summed E-state index contributed by atoms with van der Waals surface area (Å²) in [7, 11) is 0. The number of thioether (sulfide) groups is 1. The quantitative estimate of drug-likeness (QED) is 0.860. The maximum atomic E-state index is 10.7. The largest absolute Gasteiger partial charge is 0.476 e. The van der Waals surface area contributed by atoms with E-state index in [0.717, 1.165) is 5.69 Å². The van der Waals surface area contributed by atoms with Gasteiger partial charge in [0.1, 0.15) is 0 Å². The summed E-state index contributed by atoms with van der Waals surface area (Å²) in [6.07, 6.45) is 0. The van der Waals surface area contributed by atoms with Gasteiger partial charge in [0.2, 0.25) is 5.01 Å². The minimum Gasteiger partial charge on any atom is -0.476 e. The average Bonchev–Trinajstić information content (AvgIpc) is 2.77. The molecule has 17 heavy (non-hydrogen) atoms. The normalized spacial score (nSPS) is 10.4. The molecule has 0 radical (unpaired) electrons. The highest BCUT2D eigenvalue weighted by Gasteiger charge is 2.09. The molecule has 88 valence electrons. The van der Waals surface area contributed by atoms with E-state index in [4.69, 9.17) is 5.11 Å². The fourth-order valence-corrected chi connectivity index (χ4v) is 3.02. The highest BCUT2D eigenvalue weighted by molar-refractivity contribution is 7.98. The van der Waals surface area contributed by atoms with Gasteiger partial charge in [-0.3, -0.25) is 0 Å². The van der Waals surface area contributed by atoms with E-state index in [1.807, 2.05) is 12.1 Å². The maximum Gasteiger partial charge on any atom is 0.365 e. The minimum absolute atomic E-state index is 0.158. The lowest BCUT2D eigenvalue weighted by Crippen LogP contribution is -1.95. The van der Waals surface area contributed by atoms with Crippen molar-refractivity contribution >= 4 is 29.1 Å². The molecule has 0 unspecified atom stereocenters. The van der Waals surface area contributed by atoms with Crippen LogP contribution in [0, 0.1) is 6.92 Å². The molecule has 0 spiro atoms. The first-order valence-corrected chi connectivity index (χ1v) is 6.89. The molecule has 1 heterocycles. The Bertz CT molecular complexity index is 537. The summed E-state index contributed by atoms with van der Waals surface area (Å²) in [6.45, 7) is 2.06. The topological polar surface area (TPSA) is 50.2 Å². The Labute approximate surface area is 108 Å². The number of aryl methyl sites for hydroxylation is 1. The zero-order chi connectivity index (χ0) is 12.3. The Morgan fingerprint density at radius 3 is 2.88 bits per heavy atom. The lowest BCUT2D eigenvalue weighted by molar-refractivity contribution is 0.0696. The maximum absolute atomic E-state index is 10.7. The van der Waals surface area contributed by atoms with E-state index in [9.17, 15) is 4.79 Å². The number of aromatic nitrogens is 1. The monoisotopic (exact) mass is 265 g/mol. The third-order valence-electron chi connectivity index (χ3n) is 2.20. The van der Waals surface area contributed by atoms with Crippen LogP contribution in [0.2, 0.25) is 0 Å². The number of hydrogen-bond acceptors (Lipinski definition) is 4. The molecule has 1 aromatic heterocycles. The molecule has 3 nitrogen and oxygen atoms in total. The standard InChI is InChI=1S/C12H11NO2S2/c1-8-4-2-3-5-10(8)16-6-9-7-17-11(13-9)12(14)15/h2-5,7H,6H2,1H3,(H,14,15). The fraction of sp³-hybridized carbons (Fsp3) is 0.167. The van der Waals surface area contributed by atoms with Gasteiger partial charge in [0, 0.05) is 16.0 Å². The predicted molar refractivity (Wildman–Crippen MR) is 69.8 cm³/mol. The average molecular weight is 265 g/mol. The summed E-state index contributed by atoms with van der Waals surface area (Å²) in [4.78, 5) is 15.9. The van der Waals surface area contributed by atoms with Gasteiger partial charge < -0.3 is 5.11 Å². The van der Waals surface area contributed by atoms with Crippen molar-refractivity contribution in [1.82, 2.24) is 4.98 Å². The highest BCUT2D eigenvalue weighted by Crippen LogP contribution is 2.26. The molecule has 0 saturated carbocycles. The fourth-order valence-electron chi connectivity index (χ4n) is 1.34. The van der Waals surface area contributed by atoms with E-state index >= 15 is 0 Å². The molecule has 1 aromatic carbocycles. The zero-order valence-corrected chi connectivity index (χ0v) is 10.8. The SMILES string of the molecule is Cc1ccccc1SCc1csc(C(=O)O)n1. The van der Waals surface area contributed by atoms with Gasteiger partial charge in [0.25, 0.3) is 0 Å². The Morgan fingerprint density at radius 2 is 2.24 bits per heavy atom. The van der Waals surface area contributed by atoms with E-state index in [2.05, 4.69) is 24.0 Å². The molecular formula is C12H11NO2S2. The Hall–Kier alpha value is -1.33. The van der Waals surface area contributed by atoms with Gasteiger partial charge in [-0.25, -0.2) is 9.78 Å². The molecular weight excluding hydrogens is 254 g/mol. The van der Waals surface area contributed by atoms with Crippen LogP contribution in [-0.2, 0) is 5.75 Å². The second-order valence-electron chi connectivity index (χ2n) is 3.50. The second kappa shape index (κ2) is 5.33. The van der Waals surface area contributed by atoms with Crippen LogP contribution in [0.25, 0.3) is 0 Å². The number of aromatic carboxylic acids is 1. The van der Waals surface area contributed by atoms with Crippen molar-refractivity contribution in [3.05, 3.63) is 45.9 Å². The van der Waals surface area contributed by atoms with Crippen LogP contribution in [0.5, 0.6) is 0 Å². The van der Waals surface area contributed by atoms with Gasteiger partial charge in [0.05, 0.1) is 5.69 Å². The number of benzene rings is 1. The molecule has 0 saturated heterocycles. The Morgan fingerprint density at radius 1 is 1.47 bits per heavy atom. The van der Waals surface area contributed by atoms with E-state index in [1.165, 1.54) is 21.8 Å². The van der Waals surface area contributed by atoms with Crippen LogP contribution in [0.4, 0.5) is 0 Å². The molecule has 5 heteroatoms. The van der Waals surface area contributed by atoms with E-state index < -0.39 is 5.97 Å². The molecule has 1 N–H and O–H groups in total. The van der Waals surface area contributed by atoms with Crippen LogP contribution in [0.3, 0.4) is 0 Å². The lowest BCUT2D eigenvalue weighted by Gasteiger charge is -2.02. The Balaban J connectivity index is 2.02. The number of carboxylic acids is 1. The smallest absolute Gasteiger partial charge is 0.365 e. The lowest BCUT2D eigenvalue weighted by atomic mass is 10.2. The van der Waals surface area contributed by atoms with Gasteiger partial charge in [-0.1, -0.05) is 18.2 Å². The Kier molecular flexibility index (Phi) is 3.81. The van der Waals surface area contributed by atoms with Gasteiger partial charge in [0.15, 0.2) is 0 Å². The molecule has 0 bridgehead atoms. The van der Waals surface area contributed by atoms with Gasteiger partial charge in [-0.05, 0) is 18.6 Å². The van der Waals surface area contributed by atoms with Crippen molar-refractivity contribution in [3.8, 4) is 0 Å². The van der Waals surface area contributed by atoms with Crippen LogP contribution in [0.15, 0.2) is 34.5 Å². The number of carboxylic acid groups (broad SMARTS) is 1. The van der Waals surface area contributed by atoms with Crippen molar-refractivity contribution in [2.45, 2.75) is 17.6 Å². The molecule has 0 aliphatic heterocycles. The number of carbonyl (C=O) groups is 1. The van der Waals surface area contributed by atoms with E-state index in [1.54, 1.807) is 17.1 Å². The third-order valence-corrected chi connectivity index (χ3v) is 4.29. The van der Waals surface area contributed by atoms with Gasteiger partial charge in [-0.15, -0.1) is 23.1 Å². The minimum atomic E-state index is -0.956. The summed E-state index contributed by atoms with van der Waals surface area (Å²) in [5.74, 6) is -0.253. The van der Waals surface area contributed by atoms with Crippen LogP contribution < -0.4 is 0 Å². The number of hydrogen-bond donors (Lipinski definition) is 1. The number of rotatable bonds is 4. The molecule has 2 rings (SSSR count). The molecule has 2 aromatic rings. The van der Waals surface area contributed by atoms with Crippen molar-refractivity contribution < 1.29 is 9.90 Å². The number of nitrogens with zero attached hydrogens (tertiary/aromatic N) is 1. The van der Waals surface area contributed by atoms with Crippen LogP contribution in [-0.4, -0.2) is 16.1 Å². The number of thiazole rings is 1. The summed E-state index contributed by atoms with van der Waals surface area (Å²) in [6, 6.07) is 8.13. The first kappa shape index (κ1) is 12.1. The molecule has 0 amide bonds. The van der Waals surface area contributed by atoms with Gasteiger partial charge >= 0.3 is 5.97 Å². The first-order chi connectivity index (χ1) is 8.16. The summed E-state index contributed by atoms with van der Waals surface area (Å²) >= 11 is 2.85. The molecule has 0 fully saturated rings. The highest BCUT2D eigenvalue weighted by atomic mass is 32.2. The van der Waals surface area contributed by atoms with Crippen molar-refractivity contribution in [2.75, 3.05) is 0 Å². The third kappa shape index (κ3) is 3.08. The first-order valence-electron chi connectivity index (χ1n) is 5.03. The second-order valence-corrected chi connectivity index (χ2v) is 5.38. The van der Waals surface area contributed by atoms with Crippen LogP contribution >= 0.6 is 23.1 Å². The summed E-state index contributed by atoms with van der Waals surface area (Å²) in [5.41, 5.74) is 2.05. The molecule has 0 aliphatic carbocycles. The molecule has 0 aliphatic rings. The van der Waals surface area contributed by atoms with E-state index in [-0.39, 0.29) is 5.01 Å². The van der Waals surface area contributed by atoms with Crippen molar-refractivity contribution in [1.29, 1.82) is 0 Å². The van der Waals surface area contributed by atoms with Crippen LogP contribution in [0.1, 0.15) is 21.1 Å².